The SMILES string of the molecule is CCOC(CN1CCN(C(=O)Cc2ccc(-n3cnnn3)nc2)CC1)c1ccc2c(c1C)COC2=O. The quantitative estimate of drug-likeness (QED) is 0.432. The molecule has 1 saturated heterocycles. The number of piperazine rings is 1. The Balaban J connectivity index is 1.16. The van der Waals surface area contributed by atoms with Crippen LogP contribution in [0.1, 0.15) is 45.6 Å². The third-order valence-corrected chi connectivity index (χ3v) is 6.82. The van der Waals surface area contributed by atoms with Crippen molar-refractivity contribution < 1.29 is 19.1 Å². The number of ether oxygens (including phenoxy) is 2. The van der Waals surface area contributed by atoms with Gasteiger partial charge < -0.3 is 14.4 Å². The highest BCUT2D eigenvalue weighted by molar-refractivity contribution is 5.94. The van der Waals surface area contributed by atoms with Crippen molar-refractivity contribution in [2.45, 2.75) is 33.0 Å². The van der Waals surface area contributed by atoms with Crippen molar-refractivity contribution in [3.05, 3.63) is 64.6 Å². The summed E-state index contributed by atoms with van der Waals surface area (Å²) < 4.78 is 12.8. The lowest BCUT2D eigenvalue weighted by Crippen LogP contribution is -2.50. The Morgan fingerprint density at radius 1 is 1.17 bits per heavy atom. The van der Waals surface area contributed by atoms with Gasteiger partial charge in [0.05, 0.1) is 18.1 Å². The first-order valence-electron chi connectivity index (χ1n) is 12.1. The van der Waals surface area contributed by atoms with E-state index in [1.165, 1.54) is 11.0 Å². The molecule has 1 amide bonds. The molecule has 3 aromatic rings. The molecule has 1 aromatic carbocycles. The molecule has 5 rings (SSSR count). The van der Waals surface area contributed by atoms with Crippen molar-refractivity contribution in [3.8, 4) is 5.82 Å². The molecule has 2 aliphatic heterocycles. The maximum absolute atomic E-state index is 12.9. The summed E-state index contributed by atoms with van der Waals surface area (Å²) in [6.07, 6.45) is 3.36. The summed E-state index contributed by atoms with van der Waals surface area (Å²) in [5, 5.41) is 11.0. The number of hydrogen-bond donors (Lipinski definition) is 0. The van der Waals surface area contributed by atoms with Crippen LogP contribution in [-0.4, -0.2) is 86.2 Å². The van der Waals surface area contributed by atoms with Crippen LogP contribution in [0, 0.1) is 6.92 Å². The molecular formula is C25H29N7O4. The van der Waals surface area contributed by atoms with Crippen molar-refractivity contribution in [3.63, 3.8) is 0 Å². The molecule has 2 aromatic heterocycles. The van der Waals surface area contributed by atoms with Crippen LogP contribution in [0.3, 0.4) is 0 Å². The predicted molar refractivity (Wildman–Crippen MR) is 128 cm³/mol. The smallest absolute Gasteiger partial charge is 0.338 e. The molecule has 11 heteroatoms. The van der Waals surface area contributed by atoms with Crippen LogP contribution >= 0.6 is 0 Å². The zero-order valence-corrected chi connectivity index (χ0v) is 20.5. The van der Waals surface area contributed by atoms with Crippen molar-refractivity contribution >= 4 is 11.9 Å². The zero-order chi connectivity index (χ0) is 25.1. The number of rotatable bonds is 8. The summed E-state index contributed by atoms with van der Waals surface area (Å²) in [7, 11) is 0. The Kier molecular flexibility index (Phi) is 7.01. The first-order chi connectivity index (χ1) is 17.5. The number of nitrogens with zero attached hydrogens (tertiary/aromatic N) is 7. The third kappa shape index (κ3) is 4.98. The molecule has 1 unspecified atom stereocenters. The maximum Gasteiger partial charge on any atom is 0.338 e. The second-order valence-corrected chi connectivity index (χ2v) is 8.96. The Labute approximate surface area is 209 Å². The molecule has 0 radical (unpaired) electrons. The van der Waals surface area contributed by atoms with Gasteiger partial charge in [-0.25, -0.2) is 9.78 Å². The number of esters is 1. The van der Waals surface area contributed by atoms with E-state index in [4.69, 9.17) is 9.47 Å². The molecule has 0 spiro atoms. The summed E-state index contributed by atoms with van der Waals surface area (Å²) in [6.45, 7) is 8.55. The van der Waals surface area contributed by atoms with Gasteiger partial charge in [-0.05, 0) is 53.1 Å². The van der Waals surface area contributed by atoms with E-state index in [0.29, 0.717) is 44.1 Å². The summed E-state index contributed by atoms with van der Waals surface area (Å²) >= 11 is 0. The Morgan fingerprint density at radius 3 is 2.69 bits per heavy atom. The van der Waals surface area contributed by atoms with E-state index in [9.17, 15) is 9.59 Å². The first kappa shape index (κ1) is 24.0. The lowest BCUT2D eigenvalue weighted by atomic mass is 9.95. The fourth-order valence-corrected chi connectivity index (χ4v) is 4.78. The molecule has 2 aliphatic rings. The summed E-state index contributed by atoms with van der Waals surface area (Å²) in [6, 6.07) is 7.51. The first-order valence-corrected chi connectivity index (χ1v) is 12.1. The molecule has 188 valence electrons. The minimum Gasteiger partial charge on any atom is -0.457 e. The highest BCUT2D eigenvalue weighted by Crippen LogP contribution is 2.31. The third-order valence-electron chi connectivity index (χ3n) is 6.82. The maximum atomic E-state index is 12.9. The normalized spacial score (nSPS) is 16.6. The van der Waals surface area contributed by atoms with Gasteiger partial charge in [-0.15, -0.1) is 5.10 Å². The van der Waals surface area contributed by atoms with Crippen LogP contribution < -0.4 is 0 Å². The number of cyclic esters (lactones) is 1. The number of aromatic nitrogens is 5. The van der Waals surface area contributed by atoms with Crippen LogP contribution in [0.5, 0.6) is 0 Å². The van der Waals surface area contributed by atoms with Gasteiger partial charge in [-0.2, -0.15) is 4.68 Å². The lowest BCUT2D eigenvalue weighted by molar-refractivity contribution is -0.132. The summed E-state index contributed by atoms with van der Waals surface area (Å²) in [4.78, 5) is 33.4. The van der Waals surface area contributed by atoms with Crippen molar-refractivity contribution in [2.75, 3.05) is 39.3 Å². The Hall–Kier alpha value is -3.70. The molecular weight excluding hydrogens is 462 g/mol. The van der Waals surface area contributed by atoms with Gasteiger partial charge in [-0.1, -0.05) is 12.1 Å². The highest BCUT2D eigenvalue weighted by atomic mass is 16.5. The second-order valence-electron chi connectivity index (χ2n) is 8.96. The fourth-order valence-electron chi connectivity index (χ4n) is 4.78. The van der Waals surface area contributed by atoms with E-state index in [0.717, 1.165) is 41.9 Å². The minimum absolute atomic E-state index is 0.0899. The van der Waals surface area contributed by atoms with Gasteiger partial charge in [0.2, 0.25) is 5.91 Å². The molecule has 1 atom stereocenters. The van der Waals surface area contributed by atoms with E-state index in [1.54, 1.807) is 12.3 Å². The number of amides is 1. The zero-order valence-electron chi connectivity index (χ0n) is 20.5. The monoisotopic (exact) mass is 491 g/mol. The molecule has 11 nitrogen and oxygen atoms in total. The Bertz CT molecular complexity index is 1220. The van der Waals surface area contributed by atoms with Crippen molar-refractivity contribution in [1.29, 1.82) is 0 Å². The van der Waals surface area contributed by atoms with Gasteiger partial charge in [0, 0.05) is 51.1 Å². The standard InChI is InChI=1S/C25H29N7O4/c1-3-35-22(19-5-6-20-21(17(19)2)15-36-25(20)34)14-30-8-10-31(11-9-30)24(33)12-18-4-7-23(26-13-18)32-16-27-28-29-32/h4-7,13,16,22H,3,8-12,14-15H2,1-2H3. The van der Waals surface area contributed by atoms with Gasteiger partial charge in [0.1, 0.15) is 12.9 Å². The van der Waals surface area contributed by atoms with Crippen LogP contribution in [-0.2, 0) is 27.3 Å². The molecule has 0 bridgehead atoms. The number of carbonyl (C=O) groups excluding carboxylic acids is 2. The van der Waals surface area contributed by atoms with Crippen LogP contribution in [0.4, 0.5) is 0 Å². The van der Waals surface area contributed by atoms with Crippen LogP contribution in [0.2, 0.25) is 0 Å². The molecule has 0 N–H and O–H groups in total. The molecule has 36 heavy (non-hydrogen) atoms. The van der Waals surface area contributed by atoms with E-state index < -0.39 is 0 Å². The average Bonchev–Trinajstić information content (AvgIpc) is 3.56. The average molecular weight is 492 g/mol. The predicted octanol–water partition coefficient (Wildman–Crippen LogP) is 1.50. The van der Waals surface area contributed by atoms with E-state index >= 15 is 0 Å². The highest BCUT2D eigenvalue weighted by Gasteiger charge is 2.28. The Morgan fingerprint density at radius 2 is 2.00 bits per heavy atom. The molecule has 0 saturated carbocycles. The van der Waals surface area contributed by atoms with Crippen LogP contribution in [0.25, 0.3) is 5.82 Å². The minimum atomic E-state index is -0.257. The van der Waals surface area contributed by atoms with Crippen molar-refractivity contribution in [2.24, 2.45) is 0 Å². The number of hydrogen-bond acceptors (Lipinski definition) is 9. The summed E-state index contributed by atoms with van der Waals surface area (Å²) in [5.41, 5.74) is 4.61. The number of tetrazole rings is 1. The van der Waals surface area contributed by atoms with Gasteiger partial charge >= 0.3 is 5.97 Å². The van der Waals surface area contributed by atoms with Gasteiger partial charge in [0.25, 0.3) is 0 Å². The number of benzene rings is 1. The number of fused-ring (bicyclic) bond motifs is 1. The molecule has 0 aliphatic carbocycles. The topological polar surface area (TPSA) is 116 Å². The second kappa shape index (κ2) is 10.5. The van der Waals surface area contributed by atoms with E-state index in [-0.39, 0.29) is 18.0 Å². The summed E-state index contributed by atoms with van der Waals surface area (Å²) in [5.74, 6) is 0.436. The van der Waals surface area contributed by atoms with Gasteiger partial charge in [-0.3, -0.25) is 9.69 Å². The number of pyridine rings is 1. The fraction of sp³-hybridized carbons (Fsp3) is 0.440. The van der Waals surface area contributed by atoms with Crippen LogP contribution in [0.15, 0.2) is 36.8 Å². The molecule has 1 fully saturated rings. The van der Waals surface area contributed by atoms with Crippen molar-refractivity contribution in [1.82, 2.24) is 35.0 Å². The lowest BCUT2D eigenvalue weighted by Gasteiger charge is -2.36. The van der Waals surface area contributed by atoms with Gasteiger partial charge in [0.15, 0.2) is 5.82 Å². The van der Waals surface area contributed by atoms with E-state index in [2.05, 4.69) is 25.4 Å². The number of carbonyl (C=O) groups is 2. The largest absolute Gasteiger partial charge is 0.457 e. The molecule has 4 heterocycles. The van der Waals surface area contributed by atoms with E-state index in [1.807, 2.05) is 36.9 Å².